The average molecular weight is 257 g/mol. The van der Waals surface area contributed by atoms with E-state index in [4.69, 9.17) is 4.74 Å². The molecule has 0 amide bonds. The molecule has 17 heavy (non-hydrogen) atoms. The molecule has 2 saturated carbocycles. The molecule has 0 heterocycles. The number of ether oxygens (including phenoxy) is 1. The standard InChI is InChI=1S/C13H23NO2S/c1-9(2)17-11-6-7-13(8-11,12(15)16-3)14-10-4-5-10/h9-11,14H,4-8H2,1-3H3. The van der Waals surface area contributed by atoms with Crippen molar-refractivity contribution < 1.29 is 9.53 Å². The Hall–Kier alpha value is -0.220. The third-order valence-corrected chi connectivity index (χ3v) is 4.90. The highest BCUT2D eigenvalue weighted by Crippen LogP contribution is 2.41. The molecule has 2 fully saturated rings. The van der Waals surface area contributed by atoms with Gasteiger partial charge < -0.3 is 4.74 Å². The Morgan fingerprint density at radius 2 is 2.12 bits per heavy atom. The minimum Gasteiger partial charge on any atom is -0.468 e. The first kappa shape index (κ1) is 13.2. The van der Waals surface area contributed by atoms with E-state index in [0.717, 1.165) is 19.3 Å². The van der Waals surface area contributed by atoms with Crippen LogP contribution in [-0.2, 0) is 9.53 Å². The molecular weight excluding hydrogens is 234 g/mol. The molecule has 0 aromatic carbocycles. The van der Waals surface area contributed by atoms with Gasteiger partial charge in [0.2, 0.25) is 0 Å². The fourth-order valence-corrected chi connectivity index (χ4v) is 4.09. The Morgan fingerprint density at radius 1 is 1.41 bits per heavy atom. The van der Waals surface area contributed by atoms with Crippen molar-refractivity contribution in [2.75, 3.05) is 7.11 Å². The largest absolute Gasteiger partial charge is 0.468 e. The summed E-state index contributed by atoms with van der Waals surface area (Å²) in [4.78, 5) is 12.0. The molecule has 2 atom stereocenters. The molecule has 98 valence electrons. The zero-order valence-electron chi connectivity index (χ0n) is 11.0. The van der Waals surface area contributed by atoms with Gasteiger partial charge in [-0.3, -0.25) is 10.1 Å². The molecule has 2 rings (SSSR count). The van der Waals surface area contributed by atoms with Crippen LogP contribution < -0.4 is 5.32 Å². The molecule has 0 aliphatic heterocycles. The first-order valence-electron chi connectivity index (χ1n) is 6.57. The van der Waals surface area contributed by atoms with Crippen molar-refractivity contribution in [1.29, 1.82) is 0 Å². The minimum atomic E-state index is -0.386. The van der Waals surface area contributed by atoms with Gasteiger partial charge in [0.15, 0.2) is 0 Å². The van der Waals surface area contributed by atoms with E-state index in [2.05, 4.69) is 19.2 Å². The highest BCUT2D eigenvalue weighted by molar-refractivity contribution is 8.00. The number of rotatable bonds is 5. The SMILES string of the molecule is COC(=O)C1(NC2CC2)CCC(SC(C)C)C1. The van der Waals surface area contributed by atoms with Crippen LogP contribution in [0.1, 0.15) is 46.0 Å². The number of carbonyl (C=O) groups excluding carboxylic acids is 1. The number of esters is 1. The van der Waals surface area contributed by atoms with Crippen LogP contribution in [0.3, 0.4) is 0 Å². The lowest BCUT2D eigenvalue weighted by Gasteiger charge is -2.28. The Morgan fingerprint density at radius 3 is 2.65 bits per heavy atom. The molecule has 4 heteroatoms. The number of nitrogens with one attached hydrogen (secondary N) is 1. The first-order chi connectivity index (χ1) is 8.05. The van der Waals surface area contributed by atoms with E-state index in [0.29, 0.717) is 16.5 Å². The quantitative estimate of drug-likeness (QED) is 0.767. The van der Waals surface area contributed by atoms with Crippen molar-refractivity contribution in [2.45, 2.75) is 68.0 Å². The topological polar surface area (TPSA) is 38.3 Å². The van der Waals surface area contributed by atoms with Gasteiger partial charge in [-0.05, 0) is 37.4 Å². The number of thioether (sulfide) groups is 1. The summed E-state index contributed by atoms with van der Waals surface area (Å²) in [6.45, 7) is 4.44. The van der Waals surface area contributed by atoms with Gasteiger partial charge in [0, 0.05) is 11.3 Å². The molecular formula is C13H23NO2S. The van der Waals surface area contributed by atoms with E-state index in [1.807, 2.05) is 11.8 Å². The van der Waals surface area contributed by atoms with Crippen molar-refractivity contribution >= 4 is 17.7 Å². The van der Waals surface area contributed by atoms with E-state index < -0.39 is 0 Å². The van der Waals surface area contributed by atoms with Crippen LogP contribution in [0.2, 0.25) is 0 Å². The Bertz CT molecular complexity index is 291. The first-order valence-corrected chi connectivity index (χ1v) is 7.51. The molecule has 1 N–H and O–H groups in total. The predicted octanol–water partition coefficient (Wildman–Crippen LogP) is 2.34. The number of hydrogen-bond donors (Lipinski definition) is 1. The maximum Gasteiger partial charge on any atom is 0.326 e. The monoisotopic (exact) mass is 257 g/mol. The summed E-state index contributed by atoms with van der Waals surface area (Å²) in [5, 5.41) is 4.76. The highest BCUT2D eigenvalue weighted by Gasteiger charge is 2.48. The Balaban J connectivity index is 1.99. The minimum absolute atomic E-state index is 0.0590. The van der Waals surface area contributed by atoms with E-state index >= 15 is 0 Å². The van der Waals surface area contributed by atoms with Crippen LogP contribution in [-0.4, -0.2) is 35.2 Å². The van der Waals surface area contributed by atoms with Crippen molar-refractivity contribution in [1.82, 2.24) is 5.32 Å². The fourth-order valence-electron chi connectivity index (χ4n) is 2.69. The van der Waals surface area contributed by atoms with Crippen molar-refractivity contribution in [3.63, 3.8) is 0 Å². The van der Waals surface area contributed by atoms with E-state index in [-0.39, 0.29) is 11.5 Å². The van der Waals surface area contributed by atoms with Crippen molar-refractivity contribution in [3.8, 4) is 0 Å². The molecule has 0 aromatic heterocycles. The van der Waals surface area contributed by atoms with Crippen LogP contribution in [0.4, 0.5) is 0 Å². The summed E-state index contributed by atoms with van der Waals surface area (Å²) < 4.78 is 5.01. The third kappa shape index (κ3) is 3.16. The molecule has 2 unspecified atom stereocenters. The molecule has 0 spiro atoms. The van der Waals surface area contributed by atoms with Crippen LogP contribution in [0.25, 0.3) is 0 Å². The normalized spacial score (nSPS) is 33.1. The summed E-state index contributed by atoms with van der Waals surface area (Å²) in [6.07, 6.45) is 5.40. The maximum atomic E-state index is 12.0. The second-order valence-electron chi connectivity index (χ2n) is 5.54. The zero-order valence-corrected chi connectivity index (χ0v) is 11.8. The Kier molecular flexibility index (Phi) is 4.03. The second kappa shape index (κ2) is 5.19. The number of hydrogen-bond acceptors (Lipinski definition) is 4. The van der Waals surface area contributed by atoms with Crippen LogP contribution in [0, 0.1) is 0 Å². The maximum absolute atomic E-state index is 12.0. The van der Waals surface area contributed by atoms with Crippen LogP contribution in [0.5, 0.6) is 0 Å². The summed E-state index contributed by atoms with van der Waals surface area (Å²) in [5.41, 5.74) is -0.386. The average Bonchev–Trinajstić information content (AvgIpc) is 2.98. The summed E-state index contributed by atoms with van der Waals surface area (Å²) in [5.74, 6) is -0.0590. The van der Waals surface area contributed by atoms with Gasteiger partial charge in [-0.2, -0.15) is 11.8 Å². The van der Waals surface area contributed by atoms with Gasteiger partial charge >= 0.3 is 5.97 Å². The number of carbonyl (C=O) groups is 1. The van der Waals surface area contributed by atoms with Crippen LogP contribution in [0.15, 0.2) is 0 Å². The molecule has 0 radical (unpaired) electrons. The summed E-state index contributed by atoms with van der Waals surface area (Å²) >= 11 is 1.99. The van der Waals surface area contributed by atoms with Gasteiger partial charge in [-0.15, -0.1) is 0 Å². The lowest BCUT2D eigenvalue weighted by molar-refractivity contribution is -0.148. The third-order valence-electron chi connectivity index (χ3n) is 3.57. The van der Waals surface area contributed by atoms with Gasteiger partial charge in [0.05, 0.1) is 7.11 Å². The van der Waals surface area contributed by atoms with E-state index in [9.17, 15) is 4.79 Å². The molecule has 0 saturated heterocycles. The number of methoxy groups -OCH3 is 1. The smallest absolute Gasteiger partial charge is 0.326 e. The Labute approximate surface area is 108 Å². The lowest BCUT2D eigenvalue weighted by atomic mass is 9.97. The highest BCUT2D eigenvalue weighted by atomic mass is 32.2. The molecule has 0 bridgehead atoms. The van der Waals surface area contributed by atoms with Crippen LogP contribution >= 0.6 is 11.8 Å². The van der Waals surface area contributed by atoms with Gasteiger partial charge in [-0.1, -0.05) is 13.8 Å². The molecule has 2 aliphatic rings. The van der Waals surface area contributed by atoms with Gasteiger partial charge in [-0.25, -0.2) is 0 Å². The van der Waals surface area contributed by atoms with Gasteiger partial charge in [0.25, 0.3) is 0 Å². The van der Waals surface area contributed by atoms with E-state index in [1.165, 1.54) is 20.0 Å². The van der Waals surface area contributed by atoms with Gasteiger partial charge in [0.1, 0.15) is 5.54 Å². The lowest BCUT2D eigenvalue weighted by Crippen LogP contribution is -2.52. The molecule has 0 aromatic rings. The van der Waals surface area contributed by atoms with Crippen molar-refractivity contribution in [2.24, 2.45) is 0 Å². The van der Waals surface area contributed by atoms with Crippen molar-refractivity contribution in [3.05, 3.63) is 0 Å². The summed E-state index contributed by atoms with van der Waals surface area (Å²) in [7, 11) is 1.50. The molecule has 2 aliphatic carbocycles. The zero-order chi connectivity index (χ0) is 12.5. The summed E-state index contributed by atoms with van der Waals surface area (Å²) in [6, 6.07) is 0.553. The molecule has 3 nitrogen and oxygen atoms in total. The fraction of sp³-hybridized carbons (Fsp3) is 0.923. The van der Waals surface area contributed by atoms with E-state index in [1.54, 1.807) is 0 Å². The predicted molar refractivity (Wildman–Crippen MR) is 71.3 cm³/mol. The second-order valence-corrected chi connectivity index (χ2v) is 7.42.